The number of aldehydes is 1. The minimum atomic E-state index is 0.0581. The van der Waals surface area contributed by atoms with Crippen LogP contribution in [0.4, 0.5) is 0 Å². The summed E-state index contributed by atoms with van der Waals surface area (Å²) >= 11 is 0. The van der Waals surface area contributed by atoms with Crippen LogP contribution >= 0.6 is 0 Å². The standard InChI is InChI=1S/C9H14N2O2/c1-7(2)3-4-11-9(13)5-8(6-12)10-11/h5-7,13H,3-4H2,1-2H3. The highest BCUT2D eigenvalue weighted by Crippen LogP contribution is 2.12. The maximum atomic E-state index is 10.3. The molecule has 0 amide bonds. The van der Waals surface area contributed by atoms with Gasteiger partial charge in [0.2, 0.25) is 5.88 Å². The summed E-state index contributed by atoms with van der Waals surface area (Å²) in [7, 11) is 0. The average Bonchev–Trinajstić information content (AvgIpc) is 2.43. The van der Waals surface area contributed by atoms with Gasteiger partial charge in [0.25, 0.3) is 0 Å². The van der Waals surface area contributed by atoms with Crippen molar-refractivity contribution in [2.45, 2.75) is 26.8 Å². The number of rotatable bonds is 4. The fourth-order valence-electron chi connectivity index (χ4n) is 1.03. The largest absolute Gasteiger partial charge is 0.493 e. The van der Waals surface area contributed by atoms with E-state index < -0.39 is 0 Å². The molecule has 0 aromatic carbocycles. The molecule has 0 aliphatic carbocycles. The summed E-state index contributed by atoms with van der Waals surface area (Å²) in [6.45, 7) is 4.85. The molecule has 0 bridgehead atoms. The highest BCUT2D eigenvalue weighted by atomic mass is 16.3. The van der Waals surface area contributed by atoms with E-state index in [4.69, 9.17) is 0 Å². The van der Waals surface area contributed by atoms with Crippen LogP contribution in [0, 0.1) is 5.92 Å². The van der Waals surface area contributed by atoms with Crippen molar-refractivity contribution >= 4 is 6.29 Å². The van der Waals surface area contributed by atoms with Crippen molar-refractivity contribution < 1.29 is 9.90 Å². The molecule has 1 heterocycles. The van der Waals surface area contributed by atoms with Gasteiger partial charge >= 0.3 is 0 Å². The van der Waals surface area contributed by atoms with Gasteiger partial charge in [-0.05, 0) is 12.3 Å². The Bertz CT molecular complexity index is 292. The van der Waals surface area contributed by atoms with Crippen molar-refractivity contribution in [3.8, 4) is 5.88 Å². The fraction of sp³-hybridized carbons (Fsp3) is 0.556. The van der Waals surface area contributed by atoms with Crippen LogP contribution in [0.1, 0.15) is 30.8 Å². The molecular formula is C9H14N2O2. The summed E-state index contributed by atoms with van der Waals surface area (Å²) in [6, 6.07) is 1.37. The molecule has 1 aromatic rings. The minimum Gasteiger partial charge on any atom is -0.493 e. The van der Waals surface area contributed by atoms with Crippen LogP contribution in [0.15, 0.2) is 6.07 Å². The van der Waals surface area contributed by atoms with Gasteiger partial charge in [0.1, 0.15) is 5.69 Å². The van der Waals surface area contributed by atoms with Crippen LogP contribution < -0.4 is 0 Å². The summed E-state index contributed by atoms with van der Waals surface area (Å²) in [5, 5.41) is 13.2. The van der Waals surface area contributed by atoms with Crippen LogP contribution in [0.5, 0.6) is 5.88 Å². The second-order valence-electron chi connectivity index (χ2n) is 3.45. The third-order valence-corrected chi connectivity index (χ3v) is 1.82. The molecular weight excluding hydrogens is 168 g/mol. The van der Waals surface area contributed by atoms with Gasteiger partial charge in [-0.2, -0.15) is 5.10 Å². The van der Waals surface area contributed by atoms with Crippen molar-refractivity contribution in [3.63, 3.8) is 0 Å². The van der Waals surface area contributed by atoms with Crippen molar-refractivity contribution in [1.82, 2.24) is 9.78 Å². The number of carbonyl (C=O) groups excluding carboxylic acids is 1. The lowest BCUT2D eigenvalue weighted by Gasteiger charge is -2.04. The molecule has 0 aliphatic heterocycles. The third kappa shape index (κ3) is 2.57. The quantitative estimate of drug-likeness (QED) is 0.717. The van der Waals surface area contributed by atoms with E-state index >= 15 is 0 Å². The van der Waals surface area contributed by atoms with E-state index in [-0.39, 0.29) is 11.6 Å². The second kappa shape index (κ2) is 4.07. The lowest BCUT2D eigenvalue weighted by molar-refractivity contribution is 0.111. The summed E-state index contributed by atoms with van der Waals surface area (Å²) in [4.78, 5) is 10.3. The molecule has 0 saturated carbocycles. The monoisotopic (exact) mass is 182 g/mol. The van der Waals surface area contributed by atoms with E-state index in [0.717, 1.165) is 6.42 Å². The normalized spacial score (nSPS) is 10.7. The first-order valence-corrected chi connectivity index (χ1v) is 4.35. The van der Waals surface area contributed by atoms with E-state index in [1.54, 1.807) is 0 Å². The first-order valence-electron chi connectivity index (χ1n) is 4.35. The van der Waals surface area contributed by atoms with Crippen molar-refractivity contribution in [3.05, 3.63) is 11.8 Å². The molecule has 13 heavy (non-hydrogen) atoms. The number of nitrogens with zero attached hydrogens (tertiary/aromatic N) is 2. The number of hydrogen-bond acceptors (Lipinski definition) is 3. The van der Waals surface area contributed by atoms with Crippen LogP contribution in [0.25, 0.3) is 0 Å². The number of aromatic hydroxyl groups is 1. The Morgan fingerprint density at radius 2 is 2.38 bits per heavy atom. The van der Waals surface area contributed by atoms with E-state index in [1.807, 2.05) is 0 Å². The highest BCUT2D eigenvalue weighted by Gasteiger charge is 2.05. The maximum Gasteiger partial charge on any atom is 0.209 e. The van der Waals surface area contributed by atoms with E-state index in [2.05, 4.69) is 18.9 Å². The summed E-state index contributed by atoms with van der Waals surface area (Å²) in [5.74, 6) is 0.617. The lowest BCUT2D eigenvalue weighted by Crippen LogP contribution is -2.03. The number of aromatic nitrogens is 2. The Balaban J connectivity index is 2.65. The molecule has 4 heteroatoms. The fourth-order valence-corrected chi connectivity index (χ4v) is 1.03. The van der Waals surface area contributed by atoms with E-state index in [1.165, 1.54) is 10.7 Å². The molecule has 0 radical (unpaired) electrons. The van der Waals surface area contributed by atoms with Gasteiger partial charge < -0.3 is 5.11 Å². The summed E-state index contributed by atoms with van der Waals surface area (Å²) in [5.41, 5.74) is 0.279. The molecule has 0 fully saturated rings. The smallest absolute Gasteiger partial charge is 0.209 e. The number of aryl methyl sites for hydroxylation is 1. The van der Waals surface area contributed by atoms with Crippen molar-refractivity contribution in [1.29, 1.82) is 0 Å². The van der Waals surface area contributed by atoms with Gasteiger partial charge in [-0.15, -0.1) is 0 Å². The average molecular weight is 182 g/mol. The zero-order valence-electron chi connectivity index (χ0n) is 7.90. The Labute approximate surface area is 77.2 Å². The molecule has 0 spiro atoms. The topological polar surface area (TPSA) is 55.1 Å². The van der Waals surface area contributed by atoms with Crippen LogP contribution in [0.2, 0.25) is 0 Å². The zero-order valence-corrected chi connectivity index (χ0v) is 7.90. The molecule has 4 nitrogen and oxygen atoms in total. The second-order valence-corrected chi connectivity index (χ2v) is 3.45. The Morgan fingerprint density at radius 3 is 2.85 bits per heavy atom. The molecule has 1 aromatic heterocycles. The molecule has 0 unspecified atom stereocenters. The number of hydrogen-bond donors (Lipinski definition) is 1. The predicted molar refractivity (Wildman–Crippen MR) is 48.7 cm³/mol. The van der Waals surface area contributed by atoms with Gasteiger partial charge in [-0.3, -0.25) is 4.79 Å². The Morgan fingerprint density at radius 1 is 1.69 bits per heavy atom. The maximum absolute atomic E-state index is 10.3. The molecule has 0 atom stereocenters. The van der Waals surface area contributed by atoms with Crippen molar-refractivity contribution in [2.24, 2.45) is 5.92 Å². The summed E-state index contributed by atoms with van der Waals surface area (Å²) < 4.78 is 1.45. The lowest BCUT2D eigenvalue weighted by atomic mass is 10.1. The summed E-state index contributed by atoms with van der Waals surface area (Å²) in [6.07, 6.45) is 1.57. The van der Waals surface area contributed by atoms with Gasteiger partial charge in [-0.1, -0.05) is 13.8 Å². The molecule has 1 rings (SSSR count). The van der Waals surface area contributed by atoms with Crippen molar-refractivity contribution in [2.75, 3.05) is 0 Å². The van der Waals surface area contributed by atoms with Gasteiger partial charge in [0, 0.05) is 12.6 Å². The number of carbonyl (C=O) groups is 1. The van der Waals surface area contributed by atoms with Crippen LogP contribution in [0.3, 0.4) is 0 Å². The predicted octanol–water partition coefficient (Wildman–Crippen LogP) is 1.45. The first-order chi connectivity index (χ1) is 6.13. The molecule has 0 aliphatic rings. The highest BCUT2D eigenvalue weighted by molar-refractivity contribution is 5.72. The van der Waals surface area contributed by atoms with Crippen LogP contribution in [-0.4, -0.2) is 21.2 Å². The molecule has 0 saturated heterocycles. The van der Waals surface area contributed by atoms with Gasteiger partial charge in [0.05, 0.1) is 0 Å². The van der Waals surface area contributed by atoms with E-state index in [9.17, 15) is 9.90 Å². The SMILES string of the molecule is CC(C)CCn1nc(C=O)cc1O. The first kappa shape index (κ1) is 9.77. The Kier molecular flexibility index (Phi) is 3.06. The van der Waals surface area contributed by atoms with Crippen LogP contribution in [-0.2, 0) is 6.54 Å². The molecule has 72 valence electrons. The van der Waals surface area contributed by atoms with E-state index in [0.29, 0.717) is 18.7 Å². The minimum absolute atomic E-state index is 0.0581. The molecule has 1 N–H and O–H groups in total. The Hall–Kier alpha value is -1.32. The third-order valence-electron chi connectivity index (χ3n) is 1.82. The zero-order chi connectivity index (χ0) is 9.84. The van der Waals surface area contributed by atoms with Gasteiger partial charge in [0.15, 0.2) is 6.29 Å². The van der Waals surface area contributed by atoms with Gasteiger partial charge in [-0.25, -0.2) is 4.68 Å².